The molecule has 5 aromatic rings. The molecule has 4 aromatic carbocycles. The first-order chi connectivity index (χ1) is 21.3. The standard InChI is InChI=1S/C32H28BrN5O4S2/c33-27-11-5-4-10-26(27)31(40)37-20-18-36(19-21-37)24-16-14-23(15-17-24)34-30(39)22-43-32-35-28-12-6-7-13-29(28)38(32)44(41,42)25-8-2-1-3-9-25/h1-17H,18-22H2,(H,34,39)/p+1. The van der Waals surface area contributed by atoms with Crippen molar-refractivity contribution in [3.63, 3.8) is 0 Å². The van der Waals surface area contributed by atoms with Crippen LogP contribution in [0.2, 0.25) is 0 Å². The fourth-order valence-corrected chi connectivity index (χ4v) is 8.16. The number of aromatic amines is 1. The van der Waals surface area contributed by atoms with Gasteiger partial charge in [-0.3, -0.25) is 9.59 Å². The van der Waals surface area contributed by atoms with Gasteiger partial charge in [0.1, 0.15) is 4.90 Å². The molecule has 2 heterocycles. The molecule has 9 nitrogen and oxygen atoms in total. The van der Waals surface area contributed by atoms with Crippen LogP contribution in [-0.2, 0) is 14.8 Å². The summed E-state index contributed by atoms with van der Waals surface area (Å²) in [6, 6.07) is 30.4. The maximum Gasteiger partial charge on any atom is 0.336 e. The van der Waals surface area contributed by atoms with Gasteiger partial charge in [-0.05, 0) is 88.4 Å². The van der Waals surface area contributed by atoms with Crippen LogP contribution in [0, 0.1) is 0 Å². The molecule has 1 saturated heterocycles. The predicted octanol–water partition coefficient (Wildman–Crippen LogP) is 5.15. The number of hydrogen-bond donors (Lipinski definition) is 2. The van der Waals surface area contributed by atoms with Crippen molar-refractivity contribution in [1.29, 1.82) is 0 Å². The van der Waals surface area contributed by atoms with Crippen LogP contribution in [-0.4, -0.2) is 62.0 Å². The fraction of sp³-hybridized carbons (Fsp3) is 0.156. The number of halogens is 1. The molecule has 1 aliphatic rings. The molecule has 1 aliphatic heterocycles. The fourth-order valence-electron chi connectivity index (χ4n) is 5.12. The Morgan fingerprint density at radius 1 is 0.841 bits per heavy atom. The van der Waals surface area contributed by atoms with Crippen molar-refractivity contribution in [2.75, 3.05) is 42.1 Å². The van der Waals surface area contributed by atoms with Crippen molar-refractivity contribution >= 4 is 71.9 Å². The number of benzene rings is 4. The number of amides is 2. The Balaban J connectivity index is 1.08. The molecule has 0 atom stereocenters. The van der Waals surface area contributed by atoms with Gasteiger partial charge in [0.25, 0.3) is 5.91 Å². The number of anilines is 2. The number of H-pyrrole nitrogens is 1. The summed E-state index contributed by atoms with van der Waals surface area (Å²) in [7, 11) is -3.90. The van der Waals surface area contributed by atoms with Gasteiger partial charge in [-0.2, -0.15) is 8.42 Å². The maximum absolute atomic E-state index is 13.6. The second-order valence-electron chi connectivity index (χ2n) is 10.2. The number of hydrogen-bond acceptors (Lipinski definition) is 6. The Bertz CT molecular complexity index is 1920. The number of para-hydroxylation sites is 2. The number of fused-ring (bicyclic) bond motifs is 1. The van der Waals surface area contributed by atoms with Crippen molar-refractivity contribution in [3.8, 4) is 0 Å². The molecule has 1 fully saturated rings. The first kappa shape index (κ1) is 29.9. The highest BCUT2D eigenvalue weighted by molar-refractivity contribution is 9.10. The topological polar surface area (TPSA) is 106 Å². The van der Waals surface area contributed by atoms with Gasteiger partial charge in [-0.25, -0.2) is 4.98 Å². The van der Waals surface area contributed by atoms with Gasteiger partial charge in [0.2, 0.25) is 5.91 Å². The maximum atomic E-state index is 13.6. The normalized spacial score (nSPS) is 13.7. The van der Waals surface area contributed by atoms with Crippen LogP contribution in [0.4, 0.5) is 11.4 Å². The molecule has 2 amide bonds. The number of aromatic nitrogens is 2. The van der Waals surface area contributed by atoms with E-state index in [9.17, 15) is 18.0 Å². The largest absolute Gasteiger partial charge is 0.368 e. The first-order valence-electron chi connectivity index (χ1n) is 14.0. The molecule has 224 valence electrons. The number of rotatable bonds is 8. The number of nitrogens with zero attached hydrogens (tertiary/aromatic N) is 3. The van der Waals surface area contributed by atoms with Crippen LogP contribution in [0.25, 0.3) is 11.0 Å². The minimum Gasteiger partial charge on any atom is -0.368 e. The lowest BCUT2D eigenvalue weighted by atomic mass is 10.1. The van der Waals surface area contributed by atoms with Gasteiger partial charge in [-0.1, -0.05) is 42.5 Å². The predicted molar refractivity (Wildman–Crippen MR) is 176 cm³/mol. The number of nitrogens with one attached hydrogen (secondary N) is 2. The summed E-state index contributed by atoms with van der Waals surface area (Å²) in [5.74, 6) is -0.236. The number of piperazine rings is 1. The Morgan fingerprint density at radius 2 is 1.50 bits per heavy atom. The van der Waals surface area contributed by atoms with Crippen molar-refractivity contribution < 1.29 is 22.0 Å². The van der Waals surface area contributed by atoms with Crippen molar-refractivity contribution in [1.82, 2.24) is 9.88 Å². The second-order valence-corrected chi connectivity index (χ2v) is 13.8. The van der Waals surface area contributed by atoms with Gasteiger partial charge < -0.3 is 15.1 Å². The Labute approximate surface area is 268 Å². The molecule has 0 unspecified atom stereocenters. The molecule has 0 saturated carbocycles. The van der Waals surface area contributed by atoms with Crippen LogP contribution in [0.15, 0.2) is 118 Å². The Morgan fingerprint density at radius 3 is 2.23 bits per heavy atom. The van der Waals surface area contributed by atoms with Crippen molar-refractivity contribution in [2.24, 2.45) is 0 Å². The van der Waals surface area contributed by atoms with E-state index in [1.54, 1.807) is 48.5 Å². The minimum absolute atomic E-state index is 0.00635. The van der Waals surface area contributed by atoms with E-state index in [0.29, 0.717) is 53.6 Å². The average Bonchev–Trinajstić information content (AvgIpc) is 3.44. The lowest BCUT2D eigenvalue weighted by Crippen LogP contribution is -2.48. The third kappa shape index (κ3) is 6.23. The monoisotopic (exact) mass is 690 g/mol. The molecule has 2 N–H and O–H groups in total. The molecule has 0 aliphatic carbocycles. The summed E-state index contributed by atoms with van der Waals surface area (Å²) in [4.78, 5) is 33.2. The van der Waals surface area contributed by atoms with Crippen LogP contribution < -0.4 is 14.2 Å². The lowest BCUT2D eigenvalue weighted by molar-refractivity contribution is -0.526. The van der Waals surface area contributed by atoms with E-state index in [-0.39, 0.29) is 22.5 Å². The summed E-state index contributed by atoms with van der Waals surface area (Å²) in [6.45, 7) is 2.64. The molecular formula is C32H29BrN5O4S2+. The summed E-state index contributed by atoms with van der Waals surface area (Å²) in [6.07, 6.45) is 0. The van der Waals surface area contributed by atoms with E-state index in [2.05, 4.69) is 31.1 Å². The zero-order chi connectivity index (χ0) is 30.7. The number of thioether (sulfide) groups is 1. The summed E-state index contributed by atoms with van der Waals surface area (Å²) in [5.41, 5.74) is 3.48. The van der Waals surface area contributed by atoms with Crippen LogP contribution in [0.1, 0.15) is 10.4 Å². The number of imidazole rings is 1. The van der Waals surface area contributed by atoms with E-state index in [4.69, 9.17) is 0 Å². The summed E-state index contributed by atoms with van der Waals surface area (Å²) < 4.78 is 29.2. The number of carbonyl (C=O) groups is 2. The van der Waals surface area contributed by atoms with Gasteiger partial charge in [0.15, 0.2) is 11.0 Å². The lowest BCUT2D eigenvalue weighted by Gasteiger charge is -2.36. The van der Waals surface area contributed by atoms with Crippen LogP contribution in [0.3, 0.4) is 0 Å². The van der Waals surface area contributed by atoms with Crippen LogP contribution in [0.5, 0.6) is 0 Å². The third-order valence-electron chi connectivity index (χ3n) is 7.36. The van der Waals surface area contributed by atoms with E-state index in [1.165, 1.54) is 3.97 Å². The summed E-state index contributed by atoms with van der Waals surface area (Å²) >= 11 is 4.59. The zero-order valence-electron chi connectivity index (χ0n) is 23.5. The SMILES string of the molecule is O=C(CSc1[nH]c2ccccc2[n+]1S(=O)(=O)c1ccccc1)Nc1ccc(N2CCN(C(=O)c3ccccc3Br)CC2)cc1. The highest BCUT2D eigenvalue weighted by Crippen LogP contribution is 2.24. The highest BCUT2D eigenvalue weighted by atomic mass is 79.9. The number of carbonyl (C=O) groups excluding carboxylic acids is 2. The second kappa shape index (κ2) is 12.8. The zero-order valence-corrected chi connectivity index (χ0v) is 26.7. The summed E-state index contributed by atoms with van der Waals surface area (Å²) in [5, 5.41) is 3.25. The van der Waals surface area contributed by atoms with Crippen molar-refractivity contribution in [3.05, 3.63) is 113 Å². The minimum atomic E-state index is -3.90. The smallest absolute Gasteiger partial charge is 0.336 e. The molecule has 6 rings (SSSR count). The molecular weight excluding hydrogens is 662 g/mol. The molecule has 12 heteroatoms. The third-order valence-corrected chi connectivity index (χ3v) is 10.9. The average molecular weight is 692 g/mol. The Hall–Kier alpha value is -4.13. The van der Waals surface area contributed by atoms with Crippen LogP contribution >= 0.6 is 27.7 Å². The molecule has 0 radical (unpaired) electrons. The van der Waals surface area contributed by atoms with Gasteiger partial charge in [0.05, 0.1) is 11.3 Å². The van der Waals surface area contributed by atoms with Crippen molar-refractivity contribution in [2.45, 2.75) is 10.1 Å². The highest BCUT2D eigenvalue weighted by Gasteiger charge is 2.32. The molecule has 0 bridgehead atoms. The van der Waals surface area contributed by atoms with Gasteiger partial charge in [-0.15, -0.1) is 3.97 Å². The van der Waals surface area contributed by atoms with E-state index in [1.807, 2.05) is 59.5 Å². The Kier molecular flexibility index (Phi) is 8.74. The van der Waals surface area contributed by atoms with Gasteiger partial charge >= 0.3 is 15.2 Å². The molecule has 0 spiro atoms. The molecule has 1 aromatic heterocycles. The molecule has 44 heavy (non-hydrogen) atoms. The van der Waals surface area contributed by atoms with Gasteiger partial charge in [0, 0.05) is 42.0 Å². The van der Waals surface area contributed by atoms with E-state index < -0.39 is 10.0 Å². The van der Waals surface area contributed by atoms with E-state index in [0.717, 1.165) is 21.9 Å². The quantitative estimate of drug-likeness (QED) is 0.172. The van der Waals surface area contributed by atoms with E-state index >= 15 is 0 Å². The first-order valence-corrected chi connectivity index (χ1v) is 17.2.